The van der Waals surface area contributed by atoms with E-state index in [9.17, 15) is 13.2 Å². The van der Waals surface area contributed by atoms with Crippen LogP contribution in [-0.2, 0) is 0 Å². The van der Waals surface area contributed by atoms with Gasteiger partial charge in [0.2, 0.25) is 5.95 Å². The number of rotatable bonds is 4. The summed E-state index contributed by atoms with van der Waals surface area (Å²) in [6.45, 7) is 1.73. The molecule has 0 aromatic carbocycles. The molecular weight excluding hydrogens is 285 g/mol. The van der Waals surface area contributed by atoms with Crippen LogP contribution in [0.5, 0.6) is 0 Å². The monoisotopic (exact) mass is 302 g/mol. The van der Waals surface area contributed by atoms with Gasteiger partial charge >= 0.3 is 6.18 Å². The molecule has 6 nitrogen and oxygen atoms in total. The Balaban J connectivity index is 1.91. The third-order valence-corrected chi connectivity index (χ3v) is 3.42. The largest absolute Gasteiger partial charge is 0.399 e. The predicted octanol–water partition coefficient (Wildman–Crippen LogP) is 0.713. The minimum Gasteiger partial charge on any atom is -0.387 e. The summed E-state index contributed by atoms with van der Waals surface area (Å²) in [5, 5.41) is 7.10. The molecule has 1 aromatic heterocycles. The number of hydrogen-bond donors (Lipinski definition) is 2. The van der Waals surface area contributed by atoms with Crippen molar-refractivity contribution in [3.05, 3.63) is 18.5 Å². The van der Waals surface area contributed by atoms with Crippen LogP contribution in [0.1, 0.15) is 0 Å². The Kier molecular flexibility index (Phi) is 4.61. The zero-order valence-corrected chi connectivity index (χ0v) is 11.3. The summed E-state index contributed by atoms with van der Waals surface area (Å²) in [6, 6.07) is 1.71. The van der Waals surface area contributed by atoms with Crippen molar-refractivity contribution in [2.45, 2.75) is 6.18 Å². The van der Waals surface area contributed by atoms with Gasteiger partial charge in [0.25, 0.3) is 0 Å². The van der Waals surface area contributed by atoms with Gasteiger partial charge < -0.3 is 10.6 Å². The van der Waals surface area contributed by atoms with Crippen LogP contribution in [0.15, 0.2) is 18.5 Å². The number of piperazine rings is 1. The molecular formula is C12H17F3N6. The van der Waals surface area contributed by atoms with Crippen LogP contribution < -0.4 is 10.6 Å². The highest BCUT2D eigenvalue weighted by Gasteiger charge is 2.43. The van der Waals surface area contributed by atoms with E-state index in [0.29, 0.717) is 32.1 Å². The topological polar surface area (TPSA) is 82.1 Å². The number of nitrogens with two attached hydrogens (primary N) is 1. The van der Waals surface area contributed by atoms with E-state index >= 15 is 0 Å². The van der Waals surface area contributed by atoms with Gasteiger partial charge in [-0.3, -0.25) is 10.3 Å². The zero-order valence-electron chi connectivity index (χ0n) is 11.3. The number of aromatic nitrogens is 2. The van der Waals surface area contributed by atoms with E-state index in [-0.39, 0.29) is 6.54 Å². The summed E-state index contributed by atoms with van der Waals surface area (Å²) in [4.78, 5) is 11.8. The van der Waals surface area contributed by atoms with Crippen molar-refractivity contribution in [1.82, 2.24) is 14.9 Å². The van der Waals surface area contributed by atoms with Gasteiger partial charge in [0, 0.05) is 45.1 Å². The molecule has 0 aliphatic carbocycles. The van der Waals surface area contributed by atoms with Crippen LogP contribution in [0.4, 0.5) is 19.1 Å². The van der Waals surface area contributed by atoms with E-state index in [1.54, 1.807) is 23.4 Å². The van der Waals surface area contributed by atoms with E-state index in [1.165, 1.54) is 0 Å². The molecule has 1 aromatic rings. The van der Waals surface area contributed by atoms with E-state index < -0.39 is 17.9 Å². The smallest absolute Gasteiger partial charge is 0.387 e. The summed E-state index contributed by atoms with van der Waals surface area (Å²) >= 11 is 0. The summed E-state index contributed by atoms with van der Waals surface area (Å²) < 4.78 is 38.4. The number of halogens is 3. The van der Waals surface area contributed by atoms with Crippen molar-refractivity contribution in [2.75, 3.05) is 37.6 Å². The molecule has 0 bridgehead atoms. The molecule has 0 radical (unpaired) electrons. The highest BCUT2D eigenvalue weighted by Crippen LogP contribution is 2.27. The van der Waals surface area contributed by atoms with Gasteiger partial charge in [-0.1, -0.05) is 0 Å². The summed E-state index contributed by atoms with van der Waals surface area (Å²) in [7, 11) is 0. The van der Waals surface area contributed by atoms with Crippen molar-refractivity contribution in [3.63, 3.8) is 0 Å². The lowest BCUT2D eigenvalue weighted by molar-refractivity contribution is -0.160. The molecule has 21 heavy (non-hydrogen) atoms. The lowest BCUT2D eigenvalue weighted by atomic mass is 10.1. The maximum absolute atomic E-state index is 12.8. The Bertz CT molecular complexity index is 470. The first-order valence-electron chi connectivity index (χ1n) is 6.53. The third-order valence-electron chi connectivity index (χ3n) is 3.42. The molecule has 1 atom stereocenters. The molecule has 9 heteroatoms. The molecule has 1 fully saturated rings. The quantitative estimate of drug-likeness (QED) is 0.632. The van der Waals surface area contributed by atoms with Crippen molar-refractivity contribution in [3.8, 4) is 0 Å². The van der Waals surface area contributed by atoms with E-state index in [2.05, 4.69) is 9.97 Å². The molecule has 2 heterocycles. The molecule has 1 unspecified atom stereocenters. The number of alkyl halides is 3. The van der Waals surface area contributed by atoms with Crippen molar-refractivity contribution in [2.24, 2.45) is 11.7 Å². The molecule has 1 saturated heterocycles. The second kappa shape index (κ2) is 6.25. The van der Waals surface area contributed by atoms with E-state index in [0.717, 1.165) is 0 Å². The minimum absolute atomic E-state index is 0.275. The van der Waals surface area contributed by atoms with Crippen LogP contribution in [0.25, 0.3) is 0 Å². The highest BCUT2D eigenvalue weighted by molar-refractivity contribution is 5.80. The molecule has 2 rings (SSSR count). The van der Waals surface area contributed by atoms with Gasteiger partial charge in [0.05, 0.1) is 0 Å². The average molecular weight is 302 g/mol. The number of anilines is 1. The van der Waals surface area contributed by atoms with E-state index in [4.69, 9.17) is 11.1 Å². The Morgan fingerprint density at radius 2 is 1.81 bits per heavy atom. The zero-order chi connectivity index (χ0) is 15.5. The lowest BCUT2D eigenvalue weighted by Gasteiger charge is -2.36. The van der Waals surface area contributed by atoms with Crippen molar-refractivity contribution >= 4 is 11.8 Å². The second-order valence-corrected chi connectivity index (χ2v) is 4.89. The summed E-state index contributed by atoms with van der Waals surface area (Å²) in [5.41, 5.74) is 5.06. The van der Waals surface area contributed by atoms with Crippen LogP contribution in [0.3, 0.4) is 0 Å². The standard InChI is InChI=1S/C12H17F3N6/c13-12(14,15)9(10(16)17)8-20-4-6-21(7-5-20)11-18-2-1-3-19-11/h1-3,9H,4-8H2,(H3,16,17). The van der Waals surface area contributed by atoms with Gasteiger partial charge in [-0.2, -0.15) is 13.2 Å². The van der Waals surface area contributed by atoms with Crippen LogP contribution in [-0.4, -0.2) is 59.6 Å². The molecule has 3 N–H and O–H groups in total. The van der Waals surface area contributed by atoms with E-state index in [1.807, 2.05) is 4.90 Å². The maximum atomic E-state index is 12.8. The molecule has 0 amide bonds. The van der Waals surface area contributed by atoms with Gasteiger partial charge in [-0.05, 0) is 6.07 Å². The SMILES string of the molecule is N=C(N)C(CN1CCN(c2ncccn2)CC1)C(F)(F)F. The Morgan fingerprint density at radius 1 is 1.24 bits per heavy atom. The fraction of sp³-hybridized carbons (Fsp3) is 0.583. The first-order chi connectivity index (χ1) is 9.88. The van der Waals surface area contributed by atoms with Gasteiger partial charge in [0.1, 0.15) is 11.8 Å². The Labute approximate surface area is 120 Å². The Hall–Kier alpha value is -1.90. The fourth-order valence-corrected chi connectivity index (χ4v) is 2.22. The van der Waals surface area contributed by atoms with Gasteiger partial charge in [-0.15, -0.1) is 0 Å². The lowest BCUT2D eigenvalue weighted by Crippen LogP contribution is -2.51. The molecule has 1 aliphatic heterocycles. The van der Waals surface area contributed by atoms with Gasteiger partial charge in [-0.25, -0.2) is 9.97 Å². The molecule has 0 saturated carbocycles. The second-order valence-electron chi connectivity index (χ2n) is 4.89. The minimum atomic E-state index is -4.48. The number of nitrogens with one attached hydrogen (secondary N) is 1. The fourth-order valence-electron chi connectivity index (χ4n) is 2.22. The van der Waals surface area contributed by atoms with Crippen LogP contribution in [0.2, 0.25) is 0 Å². The molecule has 1 aliphatic rings. The average Bonchev–Trinajstić information content (AvgIpc) is 2.45. The van der Waals surface area contributed by atoms with Crippen LogP contribution in [0, 0.1) is 11.3 Å². The summed E-state index contributed by atoms with van der Waals surface area (Å²) in [5.74, 6) is -2.16. The first kappa shape index (κ1) is 15.5. The Morgan fingerprint density at radius 3 is 2.29 bits per heavy atom. The van der Waals surface area contributed by atoms with Crippen molar-refractivity contribution in [1.29, 1.82) is 5.41 Å². The van der Waals surface area contributed by atoms with Crippen LogP contribution >= 0.6 is 0 Å². The number of amidine groups is 1. The summed E-state index contributed by atoms with van der Waals surface area (Å²) in [6.07, 6.45) is -1.22. The molecule has 116 valence electrons. The predicted molar refractivity (Wildman–Crippen MR) is 72.1 cm³/mol. The normalized spacial score (nSPS) is 18.5. The molecule has 0 spiro atoms. The van der Waals surface area contributed by atoms with Crippen molar-refractivity contribution < 1.29 is 13.2 Å². The first-order valence-corrected chi connectivity index (χ1v) is 6.53. The maximum Gasteiger partial charge on any atom is 0.399 e. The van der Waals surface area contributed by atoms with Gasteiger partial charge in [0.15, 0.2) is 0 Å². The third kappa shape index (κ3) is 4.03. The highest BCUT2D eigenvalue weighted by atomic mass is 19.4. The number of nitrogens with zero attached hydrogens (tertiary/aromatic N) is 4. The number of hydrogen-bond acceptors (Lipinski definition) is 5.